The molecular formula is C48H58Cl2N2Ru. The van der Waals surface area contributed by atoms with Gasteiger partial charge in [-0.1, -0.05) is 0 Å². The van der Waals surface area contributed by atoms with Gasteiger partial charge in [-0.2, -0.15) is 0 Å². The van der Waals surface area contributed by atoms with Crippen LogP contribution in [0, 0.1) is 4.01 Å². The van der Waals surface area contributed by atoms with Crippen molar-refractivity contribution in [3.63, 3.8) is 0 Å². The molecule has 1 aromatic heterocycles. The van der Waals surface area contributed by atoms with Gasteiger partial charge in [0.15, 0.2) is 0 Å². The Hall–Kier alpha value is -3.10. The van der Waals surface area contributed by atoms with E-state index in [-0.39, 0.29) is 0 Å². The van der Waals surface area contributed by atoms with Gasteiger partial charge in [0.1, 0.15) is 0 Å². The van der Waals surface area contributed by atoms with Gasteiger partial charge < -0.3 is 0 Å². The van der Waals surface area contributed by atoms with Gasteiger partial charge >= 0.3 is 331 Å². The Morgan fingerprint density at radius 2 is 0.887 bits per heavy atom. The predicted molar refractivity (Wildman–Crippen MR) is 228 cm³/mol. The first kappa shape index (κ1) is 39.6. The number of allylic oxidation sites excluding steroid dienone is 1. The van der Waals surface area contributed by atoms with Gasteiger partial charge in [0.25, 0.3) is 0 Å². The Labute approximate surface area is 329 Å². The zero-order valence-electron chi connectivity index (χ0n) is 32.7. The molecule has 2 nitrogen and oxygen atoms in total. The number of aromatic nitrogens is 2. The molecule has 53 heavy (non-hydrogen) atoms. The standard InChI is InChI=1S/C33H48N2.C15H10.2ClH.Ru/c1-7-13-26-21-28(15-9-3)32(29(22-26)16-10-4)34-19-20-35(25-34)33-30(17-11-5)23-27(14-8-2)24-31(33)18-12-6;1-2-6-12(7-3-1)15-11-10-13-8-4-5-9-14(13)15;;;/h19-24H,7-18H2,1-6H3;1-9,11H;2*1H;/q;;;;+2/p-2. The number of hydrogen-bond acceptors (Lipinski definition) is 0. The molecular weight excluding hydrogens is 777 g/mol. The molecule has 0 saturated carbocycles. The van der Waals surface area contributed by atoms with Crippen LogP contribution in [0.25, 0.3) is 16.9 Å². The van der Waals surface area contributed by atoms with E-state index >= 15 is 0 Å². The Balaban J connectivity index is 1.86. The maximum absolute atomic E-state index is 8.29. The van der Waals surface area contributed by atoms with Crippen molar-refractivity contribution in [2.45, 2.75) is 119 Å². The minimum absolute atomic E-state index is 1.01. The molecule has 0 bridgehead atoms. The van der Waals surface area contributed by atoms with Crippen molar-refractivity contribution >= 4 is 29.1 Å². The van der Waals surface area contributed by atoms with Gasteiger partial charge in [-0.3, -0.25) is 0 Å². The molecule has 0 N–H and O–H groups in total. The second kappa shape index (κ2) is 18.0. The van der Waals surface area contributed by atoms with Gasteiger partial charge in [-0.15, -0.1) is 0 Å². The predicted octanol–water partition coefficient (Wildman–Crippen LogP) is 13.6. The SMILES string of the molecule is CCCc1cc(CCC)c(-n2ccn(-c3c(CCC)cc(CCC)cc3CCC)[c]2=[Ru]([Cl])([Cl])=[C]2C=C(c3ccccc3)c3ccccc32)c(CCC)c1. The quantitative estimate of drug-likeness (QED) is 0.0930. The molecule has 6 rings (SSSR count). The van der Waals surface area contributed by atoms with Crippen molar-refractivity contribution < 1.29 is 11.9 Å². The van der Waals surface area contributed by atoms with Gasteiger partial charge in [-0.05, 0) is 0 Å². The van der Waals surface area contributed by atoms with Crippen LogP contribution >= 0.6 is 19.4 Å². The summed E-state index contributed by atoms with van der Waals surface area (Å²) in [5, 5.41) is 0. The fraction of sp³-hybridized carbons (Fsp3) is 0.375. The third-order valence-electron chi connectivity index (χ3n) is 10.3. The number of halogens is 2. The van der Waals surface area contributed by atoms with Gasteiger partial charge in [0.05, 0.1) is 0 Å². The third kappa shape index (κ3) is 8.15. The second-order valence-corrected chi connectivity index (χ2v) is 23.8. The topological polar surface area (TPSA) is 9.86 Å². The molecule has 1 aliphatic carbocycles. The summed E-state index contributed by atoms with van der Waals surface area (Å²) in [7, 11) is 16.6. The van der Waals surface area contributed by atoms with Crippen LogP contribution in [-0.2, 0) is 50.4 Å². The fourth-order valence-corrected chi connectivity index (χ4v) is 14.7. The van der Waals surface area contributed by atoms with E-state index in [1.807, 2.05) is 0 Å². The summed E-state index contributed by atoms with van der Waals surface area (Å²) >= 11 is -3.98. The molecule has 1 aliphatic rings. The number of rotatable bonds is 15. The average Bonchev–Trinajstić information content (AvgIpc) is 3.76. The number of aryl methyl sites for hydroxylation is 6. The van der Waals surface area contributed by atoms with Crippen LogP contribution in [0.5, 0.6) is 0 Å². The summed E-state index contributed by atoms with van der Waals surface area (Å²) in [6.45, 7) is 13.7. The number of imidazole rings is 1. The van der Waals surface area contributed by atoms with Crippen LogP contribution in [0.2, 0.25) is 0 Å². The van der Waals surface area contributed by atoms with Crippen LogP contribution in [0.1, 0.15) is 130 Å². The van der Waals surface area contributed by atoms with Crippen LogP contribution in [0.4, 0.5) is 0 Å². The van der Waals surface area contributed by atoms with Crippen molar-refractivity contribution in [1.29, 1.82) is 0 Å². The summed E-state index contributed by atoms with van der Waals surface area (Å²) in [5.41, 5.74) is 15.8. The normalized spacial score (nSPS) is 13.1. The van der Waals surface area contributed by atoms with Crippen molar-refractivity contribution in [2.75, 3.05) is 0 Å². The first-order valence-electron chi connectivity index (χ1n) is 20.1. The summed E-state index contributed by atoms with van der Waals surface area (Å²) in [6.07, 6.45) is 19.7. The molecule has 0 saturated heterocycles. The zero-order chi connectivity index (χ0) is 37.5. The molecule has 0 fully saturated rings. The molecule has 0 spiro atoms. The minimum atomic E-state index is -3.98. The summed E-state index contributed by atoms with van der Waals surface area (Å²) in [6, 6.07) is 29.3. The number of nitrogens with zero attached hydrogens (tertiary/aromatic N) is 2. The monoisotopic (exact) mass is 834 g/mol. The summed E-state index contributed by atoms with van der Waals surface area (Å²) < 4.78 is 7.03. The van der Waals surface area contributed by atoms with E-state index in [0.29, 0.717) is 0 Å². The number of fused-ring (bicyclic) bond motifs is 1. The molecule has 1 heterocycles. The van der Waals surface area contributed by atoms with Crippen LogP contribution < -0.4 is 0 Å². The van der Waals surface area contributed by atoms with Crippen LogP contribution in [0.15, 0.2) is 97.3 Å². The van der Waals surface area contributed by atoms with Crippen molar-refractivity contribution in [2.24, 2.45) is 0 Å². The Bertz CT molecular complexity index is 2110. The van der Waals surface area contributed by atoms with E-state index in [0.717, 1.165) is 90.7 Å². The molecule has 5 aromatic rings. The Morgan fingerprint density at radius 3 is 1.30 bits per heavy atom. The van der Waals surface area contributed by atoms with E-state index in [2.05, 4.69) is 148 Å². The third-order valence-corrected chi connectivity index (χ3v) is 17.1. The summed E-state index contributed by atoms with van der Waals surface area (Å²) in [5.74, 6) is 0. The van der Waals surface area contributed by atoms with E-state index in [1.165, 1.54) is 61.5 Å². The Morgan fingerprint density at radius 1 is 0.491 bits per heavy atom. The molecule has 0 aliphatic heterocycles. The second-order valence-electron chi connectivity index (χ2n) is 14.5. The Kier molecular flexibility index (Phi) is 13.5. The zero-order valence-corrected chi connectivity index (χ0v) is 36.0. The number of hydrogen-bond donors (Lipinski definition) is 0. The molecule has 0 atom stereocenters. The van der Waals surface area contributed by atoms with Crippen molar-refractivity contribution in [3.05, 3.63) is 151 Å². The van der Waals surface area contributed by atoms with Gasteiger partial charge in [0, 0.05) is 0 Å². The van der Waals surface area contributed by atoms with Crippen molar-refractivity contribution in [3.8, 4) is 11.4 Å². The van der Waals surface area contributed by atoms with E-state index in [4.69, 9.17) is 19.4 Å². The molecule has 0 unspecified atom stereocenters. The molecule has 4 aromatic carbocycles. The molecule has 0 radical (unpaired) electrons. The van der Waals surface area contributed by atoms with Crippen LogP contribution in [0.3, 0.4) is 0 Å². The molecule has 0 amide bonds. The van der Waals surface area contributed by atoms with E-state index < -0.39 is 11.9 Å². The first-order valence-corrected chi connectivity index (χ1v) is 26.3. The maximum atomic E-state index is 8.29. The average molecular weight is 835 g/mol. The first-order chi connectivity index (χ1) is 25.8. The summed E-state index contributed by atoms with van der Waals surface area (Å²) in [4.78, 5) is 0. The van der Waals surface area contributed by atoms with Gasteiger partial charge in [-0.25, -0.2) is 0 Å². The molecule has 5 heteroatoms. The fourth-order valence-electron chi connectivity index (χ4n) is 8.22. The molecule has 282 valence electrons. The van der Waals surface area contributed by atoms with Crippen molar-refractivity contribution in [1.82, 2.24) is 9.13 Å². The van der Waals surface area contributed by atoms with Crippen LogP contribution in [-0.4, -0.2) is 13.2 Å². The van der Waals surface area contributed by atoms with Gasteiger partial charge in [0.2, 0.25) is 0 Å². The van der Waals surface area contributed by atoms with E-state index in [1.54, 1.807) is 0 Å². The number of benzene rings is 4. The van der Waals surface area contributed by atoms with E-state index in [9.17, 15) is 0 Å².